The van der Waals surface area contributed by atoms with E-state index < -0.39 is 23.8 Å². The van der Waals surface area contributed by atoms with E-state index in [1.54, 1.807) is 13.8 Å². The summed E-state index contributed by atoms with van der Waals surface area (Å²) in [6.45, 7) is 5.69. The second-order valence-electron chi connectivity index (χ2n) is 4.59. The fourth-order valence-electron chi connectivity index (χ4n) is 1.98. The molecular weight excluding hydrogens is 272 g/mol. The van der Waals surface area contributed by atoms with Gasteiger partial charge < -0.3 is 14.3 Å². The number of rotatable bonds is 11. The van der Waals surface area contributed by atoms with E-state index in [1.807, 2.05) is 19.1 Å². The Hall–Kier alpha value is -1.65. The van der Waals surface area contributed by atoms with Crippen LogP contribution in [0.5, 0.6) is 0 Å². The van der Waals surface area contributed by atoms with Crippen LogP contribution in [0.4, 0.5) is 0 Å². The van der Waals surface area contributed by atoms with Gasteiger partial charge in [-0.3, -0.25) is 9.59 Å². The molecule has 0 N–H and O–H groups in total. The summed E-state index contributed by atoms with van der Waals surface area (Å²) in [4.78, 5) is 35.0. The predicted molar refractivity (Wildman–Crippen MR) is 79.6 cm³/mol. The van der Waals surface area contributed by atoms with Crippen LogP contribution in [0.1, 0.15) is 46.5 Å². The molecule has 0 aromatic carbocycles. The van der Waals surface area contributed by atoms with Gasteiger partial charge in [0.25, 0.3) is 0 Å². The maximum atomic E-state index is 11.9. The average Bonchev–Trinajstić information content (AvgIpc) is 2.46. The van der Waals surface area contributed by atoms with Crippen molar-refractivity contribution in [3.05, 3.63) is 12.2 Å². The first-order chi connectivity index (χ1) is 10.1. The van der Waals surface area contributed by atoms with Crippen molar-refractivity contribution < 1.29 is 23.9 Å². The fourth-order valence-corrected chi connectivity index (χ4v) is 1.98. The number of hydrogen-bond donors (Lipinski definition) is 0. The zero-order chi connectivity index (χ0) is 16.1. The van der Waals surface area contributed by atoms with Crippen molar-refractivity contribution in [3.63, 3.8) is 0 Å². The molecule has 0 rings (SSSR count). The van der Waals surface area contributed by atoms with E-state index >= 15 is 0 Å². The van der Waals surface area contributed by atoms with Gasteiger partial charge in [0.2, 0.25) is 0 Å². The monoisotopic (exact) mass is 298 g/mol. The average molecular weight is 298 g/mol. The third kappa shape index (κ3) is 7.63. The molecule has 1 atom stereocenters. The molecular formula is C16H26O5. The van der Waals surface area contributed by atoms with Crippen LogP contribution in [0.3, 0.4) is 0 Å². The molecule has 0 aliphatic rings. The van der Waals surface area contributed by atoms with Crippen LogP contribution in [0.2, 0.25) is 0 Å². The molecule has 0 unspecified atom stereocenters. The van der Waals surface area contributed by atoms with Crippen LogP contribution >= 0.6 is 0 Å². The van der Waals surface area contributed by atoms with Crippen LogP contribution in [0.15, 0.2) is 12.2 Å². The first-order valence-electron chi connectivity index (χ1n) is 7.55. The Morgan fingerprint density at radius 3 is 2.00 bits per heavy atom. The molecule has 120 valence electrons. The number of unbranched alkanes of at least 4 members (excludes halogenated alkanes) is 1. The molecule has 0 aromatic heterocycles. The lowest BCUT2D eigenvalue weighted by Crippen LogP contribution is -2.35. The topological polar surface area (TPSA) is 69.7 Å². The molecule has 0 saturated heterocycles. The van der Waals surface area contributed by atoms with Crippen molar-refractivity contribution in [2.45, 2.75) is 46.5 Å². The summed E-state index contributed by atoms with van der Waals surface area (Å²) in [6.07, 6.45) is 7.70. The van der Waals surface area contributed by atoms with Crippen LogP contribution in [0, 0.1) is 11.8 Å². The third-order valence-electron chi connectivity index (χ3n) is 2.99. The van der Waals surface area contributed by atoms with Crippen molar-refractivity contribution in [3.8, 4) is 0 Å². The van der Waals surface area contributed by atoms with E-state index in [-0.39, 0.29) is 13.2 Å². The van der Waals surface area contributed by atoms with E-state index in [0.717, 1.165) is 19.3 Å². The zero-order valence-corrected chi connectivity index (χ0v) is 13.2. The summed E-state index contributed by atoms with van der Waals surface area (Å²) >= 11 is 0. The molecule has 0 aromatic rings. The Morgan fingerprint density at radius 1 is 1.00 bits per heavy atom. The fraction of sp³-hybridized carbons (Fsp3) is 0.688. The molecule has 5 nitrogen and oxygen atoms in total. The van der Waals surface area contributed by atoms with Crippen LogP contribution < -0.4 is 0 Å². The molecule has 0 heterocycles. The van der Waals surface area contributed by atoms with E-state index in [9.17, 15) is 14.4 Å². The standard InChI is InChI=1S/C16H26O5/c1-4-7-8-9-10-11-13(12-17)14(15(18)20-5-2)16(19)21-6-3/h7-8,12-14H,4-6,9-11H2,1-3H3/b8-7+/t13-/m0/s1. The van der Waals surface area contributed by atoms with Gasteiger partial charge in [0.15, 0.2) is 5.92 Å². The van der Waals surface area contributed by atoms with Gasteiger partial charge in [-0.2, -0.15) is 0 Å². The molecule has 0 spiro atoms. The SMILES string of the molecule is CC/C=C/CCC[C@@H](C=O)C(C(=O)OCC)C(=O)OCC. The number of allylic oxidation sites excluding steroid dienone is 2. The van der Waals surface area contributed by atoms with E-state index in [1.165, 1.54) is 0 Å². The quantitative estimate of drug-likeness (QED) is 0.193. The largest absolute Gasteiger partial charge is 0.465 e. The molecule has 0 saturated carbocycles. The highest BCUT2D eigenvalue weighted by molar-refractivity contribution is 5.97. The Bertz CT molecular complexity index is 331. The highest BCUT2D eigenvalue weighted by Crippen LogP contribution is 2.20. The molecule has 21 heavy (non-hydrogen) atoms. The second kappa shape index (κ2) is 12.1. The summed E-state index contributed by atoms with van der Waals surface area (Å²) in [6, 6.07) is 0. The van der Waals surface area contributed by atoms with Gasteiger partial charge in [0.1, 0.15) is 6.29 Å². The van der Waals surface area contributed by atoms with Crippen LogP contribution in [-0.4, -0.2) is 31.4 Å². The molecule has 0 bridgehead atoms. The molecule has 5 heteroatoms. The van der Waals surface area contributed by atoms with Crippen LogP contribution in [-0.2, 0) is 23.9 Å². The number of esters is 2. The van der Waals surface area contributed by atoms with Crippen molar-refractivity contribution in [2.24, 2.45) is 11.8 Å². The van der Waals surface area contributed by atoms with Gasteiger partial charge in [-0.05, 0) is 39.5 Å². The molecule has 0 fully saturated rings. The minimum absolute atomic E-state index is 0.166. The number of hydrogen-bond acceptors (Lipinski definition) is 5. The minimum Gasteiger partial charge on any atom is -0.465 e. The smallest absolute Gasteiger partial charge is 0.321 e. The molecule has 0 aliphatic heterocycles. The van der Waals surface area contributed by atoms with Gasteiger partial charge in [0, 0.05) is 5.92 Å². The first kappa shape index (κ1) is 19.4. The van der Waals surface area contributed by atoms with Crippen molar-refractivity contribution >= 4 is 18.2 Å². The van der Waals surface area contributed by atoms with Crippen molar-refractivity contribution in [2.75, 3.05) is 13.2 Å². The van der Waals surface area contributed by atoms with Gasteiger partial charge in [0.05, 0.1) is 13.2 Å². The molecule has 0 amide bonds. The van der Waals surface area contributed by atoms with Crippen LogP contribution in [0.25, 0.3) is 0 Å². The lowest BCUT2D eigenvalue weighted by molar-refractivity contribution is -0.165. The summed E-state index contributed by atoms with van der Waals surface area (Å²) in [5.41, 5.74) is 0. The minimum atomic E-state index is -1.16. The second-order valence-corrected chi connectivity index (χ2v) is 4.59. The predicted octanol–water partition coefficient (Wildman–Crippen LogP) is 2.68. The Kier molecular flexibility index (Phi) is 11.2. The normalized spacial score (nSPS) is 12.4. The summed E-state index contributed by atoms with van der Waals surface area (Å²) in [5, 5.41) is 0. The van der Waals surface area contributed by atoms with Gasteiger partial charge in [-0.25, -0.2) is 0 Å². The number of carbonyl (C=O) groups is 3. The maximum absolute atomic E-state index is 11.9. The molecule has 0 radical (unpaired) electrons. The maximum Gasteiger partial charge on any atom is 0.321 e. The van der Waals surface area contributed by atoms with Crippen molar-refractivity contribution in [1.82, 2.24) is 0 Å². The Balaban J connectivity index is 4.73. The number of ether oxygens (including phenoxy) is 2. The van der Waals surface area contributed by atoms with E-state index in [4.69, 9.17) is 9.47 Å². The van der Waals surface area contributed by atoms with E-state index in [2.05, 4.69) is 0 Å². The summed E-state index contributed by atoms with van der Waals surface area (Å²) in [7, 11) is 0. The Morgan fingerprint density at radius 2 is 1.57 bits per heavy atom. The zero-order valence-electron chi connectivity index (χ0n) is 13.2. The summed E-state index contributed by atoms with van der Waals surface area (Å²) < 4.78 is 9.77. The molecule has 0 aliphatic carbocycles. The van der Waals surface area contributed by atoms with E-state index in [0.29, 0.717) is 12.7 Å². The first-order valence-corrected chi connectivity index (χ1v) is 7.55. The highest BCUT2D eigenvalue weighted by Gasteiger charge is 2.36. The lowest BCUT2D eigenvalue weighted by Gasteiger charge is -2.19. The van der Waals surface area contributed by atoms with Crippen molar-refractivity contribution in [1.29, 1.82) is 0 Å². The number of aldehydes is 1. The van der Waals surface area contributed by atoms with Gasteiger partial charge in [-0.15, -0.1) is 0 Å². The summed E-state index contributed by atoms with van der Waals surface area (Å²) in [5.74, 6) is -3.22. The third-order valence-corrected chi connectivity index (χ3v) is 2.99. The lowest BCUT2D eigenvalue weighted by atomic mass is 9.89. The highest BCUT2D eigenvalue weighted by atomic mass is 16.6. The number of carbonyl (C=O) groups excluding carboxylic acids is 3. The van der Waals surface area contributed by atoms with Gasteiger partial charge in [-0.1, -0.05) is 19.1 Å². The van der Waals surface area contributed by atoms with Gasteiger partial charge >= 0.3 is 11.9 Å². The Labute approximate surface area is 126 Å².